The van der Waals surface area contributed by atoms with Crippen molar-refractivity contribution in [2.75, 3.05) is 32.7 Å². The van der Waals surface area contributed by atoms with Crippen LogP contribution >= 0.6 is 0 Å². The molecule has 3 fully saturated rings. The normalized spacial score (nSPS) is 30.1. The van der Waals surface area contributed by atoms with E-state index in [1.165, 1.54) is 37.1 Å². The first-order valence-electron chi connectivity index (χ1n) is 8.57. The van der Waals surface area contributed by atoms with E-state index in [2.05, 4.69) is 15.5 Å². The third-order valence-electron chi connectivity index (χ3n) is 5.38. The van der Waals surface area contributed by atoms with E-state index in [9.17, 15) is 9.59 Å². The average molecular weight is 308 g/mol. The lowest BCUT2D eigenvalue weighted by molar-refractivity contribution is -0.130. The fourth-order valence-electron chi connectivity index (χ4n) is 3.96. The largest absolute Gasteiger partial charge is 0.325 e. The second-order valence-electron chi connectivity index (χ2n) is 7.39. The standard InChI is InChI=1S/C16H28N4O2/c1-16(2)14(21)20(15(22)18-16)11-10-19-8-5-12(6-9-19)13-4-3-7-17-13/h12-13,17H,3-11H2,1-2H3,(H,18,22). The maximum Gasteiger partial charge on any atom is 0.325 e. The molecule has 2 N–H and O–H groups in total. The third-order valence-corrected chi connectivity index (χ3v) is 5.38. The number of likely N-dealkylation sites (tertiary alicyclic amines) is 1. The van der Waals surface area contributed by atoms with Crippen molar-refractivity contribution >= 4 is 11.9 Å². The van der Waals surface area contributed by atoms with Crippen molar-refractivity contribution in [1.82, 2.24) is 20.4 Å². The number of imide groups is 1. The van der Waals surface area contributed by atoms with E-state index in [1.807, 2.05) is 0 Å². The van der Waals surface area contributed by atoms with Crippen molar-refractivity contribution in [3.63, 3.8) is 0 Å². The SMILES string of the molecule is CC1(C)NC(=O)N(CCN2CCC(C3CCCN3)CC2)C1=O. The van der Waals surface area contributed by atoms with Crippen molar-refractivity contribution < 1.29 is 9.59 Å². The van der Waals surface area contributed by atoms with Gasteiger partial charge in [-0.15, -0.1) is 0 Å². The lowest BCUT2D eigenvalue weighted by atomic mass is 9.88. The summed E-state index contributed by atoms with van der Waals surface area (Å²) in [4.78, 5) is 27.8. The molecule has 6 heteroatoms. The molecule has 0 saturated carbocycles. The number of rotatable bonds is 4. The fourth-order valence-corrected chi connectivity index (χ4v) is 3.96. The summed E-state index contributed by atoms with van der Waals surface area (Å²) in [6.07, 6.45) is 5.08. The minimum Gasteiger partial charge on any atom is -0.324 e. The molecule has 3 saturated heterocycles. The summed E-state index contributed by atoms with van der Waals surface area (Å²) >= 11 is 0. The van der Waals surface area contributed by atoms with Crippen molar-refractivity contribution in [3.8, 4) is 0 Å². The Morgan fingerprint density at radius 2 is 1.86 bits per heavy atom. The number of hydrogen-bond donors (Lipinski definition) is 2. The lowest BCUT2D eigenvalue weighted by Crippen LogP contribution is -2.45. The van der Waals surface area contributed by atoms with Gasteiger partial charge in [-0.25, -0.2) is 4.79 Å². The summed E-state index contributed by atoms with van der Waals surface area (Å²) in [7, 11) is 0. The van der Waals surface area contributed by atoms with E-state index in [4.69, 9.17) is 0 Å². The molecule has 0 aromatic heterocycles. The minimum absolute atomic E-state index is 0.109. The molecule has 0 spiro atoms. The number of nitrogens with zero attached hydrogens (tertiary/aromatic N) is 2. The molecule has 0 aromatic rings. The first kappa shape index (κ1) is 15.7. The zero-order valence-electron chi connectivity index (χ0n) is 13.7. The van der Waals surface area contributed by atoms with Crippen LogP contribution in [0.15, 0.2) is 0 Å². The Morgan fingerprint density at radius 1 is 1.14 bits per heavy atom. The third kappa shape index (κ3) is 3.13. The molecule has 3 heterocycles. The summed E-state index contributed by atoms with van der Waals surface area (Å²) in [5.41, 5.74) is -0.752. The molecule has 0 radical (unpaired) electrons. The molecule has 3 rings (SSSR count). The van der Waals surface area contributed by atoms with Gasteiger partial charge >= 0.3 is 6.03 Å². The zero-order valence-corrected chi connectivity index (χ0v) is 13.7. The number of carbonyl (C=O) groups is 2. The van der Waals surface area contributed by atoms with E-state index in [0.29, 0.717) is 12.6 Å². The molecule has 0 aromatic carbocycles. The van der Waals surface area contributed by atoms with Crippen molar-refractivity contribution in [3.05, 3.63) is 0 Å². The topological polar surface area (TPSA) is 64.7 Å². The van der Waals surface area contributed by atoms with Crippen molar-refractivity contribution in [2.45, 2.75) is 51.1 Å². The van der Waals surface area contributed by atoms with E-state index in [0.717, 1.165) is 25.6 Å². The van der Waals surface area contributed by atoms with Gasteiger partial charge in [-0.3, -0.25) is 9.69 Å². The maximum atomic E-state index is 12.2. The predicted molar refractivity (Wildman–Crippen MR) is 84.5 cm³/mol. The maximum absolute atomic E-state index is 12.2. The quantitative estimate of drug-likeness (QED) is 0.753. The van der Waals surface area contributed by atoms with Gasteiger partial charge in [0.25, 0.3) is 5.91 Å². The van der Waals surface area contributed by atoms with Crippen LogP contribution in [0.1, 0.15) is 39.5 Å². The van der Waals surface area contributed by atoms with E-state index < -0.39 is 5.54 Å². The molecule has 3 amide bonds. The molecule has 3 aliphatic heterocycles. The van der Waals surface area contributed by atoms with Gasteiger partial charge in [0, 0.05) is 19.1 Å². The van der Waals surface area contributed by atoms with Crippen LogP contribution in [0.5, 0.6) is 0 Å². The average Bonchev–Trinajstić information content (AvgIpc) is 3.07. The van der Waals surface area contributed by atoms with E-state index >= 15 is 0 Å². The van der Waals surface area contributed by atoms with Crippen molar-refractivity contribution in [1.29, 1.82) is 0 Å². The van der Waals surface area contributed by atoms with Gasteiger partial charge in [-0.05, 0) is 65.1 Å². The van der Waals surface area contributed by atoms with Crippen LogP contribution in [-0.4, -0.2) is 66.0 Å². The Labute approximate surface area is 132 Å². The van der Waals surface area contributed by atoms with Crippen LogP contribution in [0.2, 0.25) is 0 Å². The van der Waals surface area contributed by atoms with Gasteiger partial charge in [-0.1, -0.05) is 0 Å². The lowest BCUT2D eigenvalue weighted by Gasteiger charge is -2.35. The van der Waals surface area contributed by atoms with E-state index in [-0.39, 0.29) is 11.9 Å². The molecule has 0 bridgehead atoms. The van der Waals surface area contributed by atoms with Crippen LogP contribution in [-0.2, 0) is 4.79 Å². The molecule has 3 aliphatic rings. The summed E-state index contributed by atoms with van der Waals surface area (Å²) < 4.78 is 0. The Bertz CT molecular complexity index is 437. The number of piperidine rings is 1. The highest BCUT2D eigenvalue weighted by Crippen LogP contribution is 2.25. The van der Waals surface area contributed by atoms with Crippen molar-refractivity contribution in [2.24, 2.45) is 5.92 Å². The highest BCUT2D eigenvalue weighted by atomic mass is 16.2. The second kappa shape index (κ2) is 6.16. The molecule has 1 atom stereocenters. The summed E-state index contributed by atoms with van der Waals surface area (Å²) in [6.45, 7) is 8.14. The van der Waals surface area contributed by atoms with Gasteiger partial charge in [0.2, 0.25) is 0 Å². The molecule has 1 unspecified atom stereocenters. The van der Waals surface area contributed by atoms with Gasteiger partial charge in [0.05, 0.1) is 0 Å². The van der Waals surface area contributed by atoms with Gasteiger partial charge in [-0.2, -0.15) is 0 Å². The Kier molecular flexibility index (Phi) is 4.41. The van der Waals surface area contributed by atoms with E-state index in [1.54, 1.807) is 13.8 Å². The number of urea groups is 1. The Morgan fingerprint density at radius 3 is 2.41 bits per heavy atom. The molecule has 0 aliphatic carbocycles. The highest BCUT2D eigenvalue weighted by molar-refractivity contribution is 6.06. The smallest absolute Gasteiger partial charge is 0.324 e. The van der Waals surface area contributed by atoms with Crippen LogP contribution in [0.25, 0.3) is 0 Å². The molecule has 22 heavy (non-hydrogen) atoms. The Hall–Kier alpha value is -1.14. The molecule has 124 valence electrons. The van der Waals surface area contributed by atoms with Gasteiger partial charge in [0.15, 0.2) is 0 Å². The predicted octanol–water partition coefficient (Wildman–Crippen LogP) is 0.781. The first-order chi connectivity index (χ1) is 10.5. The number of amides is 3. The monoisotopic (exact) mass is 308 g/mol. The highest BCUT2D eigenvalue weighted by Gasteiger charge is 2.44. The number of hydrogen-bond acceptors (Lipinski definition) is 4. The van der Waals surface area contributed by atoms with Crippen LogP contribution in [0.4, 0.5) is 4.79 Å². The van der Waals surface area contributed by atoms with Gasteiger partial charge in [0.1, 0.15) is 5.54 Å². The van der Waals surface area contributed by atoms with Crippen LogP contribution in [0, 0.1) is 5.92 Å². The van der Waals surface area contributed by atoms with Gasteiger partial charge < -0.3 is 15.5 Å². The Balaban J connectivity index is 1.43. The molecule has 6 nitrogen and oxygen atoms in total. The summed E-state index contributed by atoms with van der Waals surface area (Å²) in [5, 5.41) is 6.35. The minimum atomic E-state index is -0.752. The van der Waals surface area contributed by atoms with Crippen LogP contribution < -0.4 is 10.6 Å². The van der Waals surface area contributed by atoms with Crippen LogP contribution in [0.3, 0.4) is 0 Å². The number of carbonyl (C=O) groups excluding carboxylic acids is 2. The number of nitrogens with one attached hydrogen (secondary N) is 2. The fraction of sp³-hybridized carbons (Fsp3) is 0.875. The second-order valence-corrected chi connectivity index (χ2v) is 7.39. The molecular weight excluding hydrogens is 280 g/mol. The first-order valence-corrected chi connectivity index (χ1v) is 8.57. The summed E-state index contributed by atoms with van der Waals surface area (Å²) in [6, 6.07) is 0.467. The molecular formula is C16H28N4O2. The summed E-state index contributed by atoms with van der Waals surface area (Å²) in [5.74, 6) is 0.692. The zero-order chi connectivity index (χ0) is 15.7.